The topological polar surface area (TPSA) is 237 Å². The fourth-order valence-electron chi connectivity index (χ4n) is 13.6. The van der Waals surface area contributed by atoms with Crippen molar-refractivity contribution in [2.45, 2.75) is 490 Å². The largest absolute Gasteiger partial charge is 0.472 e. The molecule has 0 fully saturated rings. The van der Waals surface area contributed by atoms with Gasteiger partial charge >= 0.3 is 39.5 Å². The second-order valence-corrected chi connectivity index (χ2v) is 34.4. The van der Waals surface area contributed by atoms with Crippen molar-refractivity contribution < 1.29 is 80.2 Å². The number of phosphoric ester groups is 2. The number of aliphatic hydroxyl groups excluding tert-OH is 1. The van der Waals surface area contributed by atoms with Gasteiger partial charge in [0.1, 0.15) is 19.3 Å². The van der Waals surface area contributed by atoms with Crippen LogP contribution in [-0.4, -0.2) is 96.7 Å². The Balaban J connectivity index is 5.24. The molecule has 0 bridgehead atoms. The molecule has 0 aromatic rings. The van der Waals surface area contributed by atoms with Crippen molar-refractivity contribution in [1.82, 2.24) is 0 Å². The van der Waals surface area contributed by atoms with Crippen LogP contribution in [0.5, 0.6) is 0 Å². The maximum Gasteiger partial charge on any atom is 0.472 e. The Morgan fingerprint density at radius 1 is 0.264 bits per heavy atom. The van der Waals surface area contributed by atoms with E-state index in [9.17, 15) is 43.2 Å². The van der Waals surface area contributed by atoms with Gasteiger partial charge in [-0.1, -0.05) is 420 Å². The third-order valence-electron chi connectivity index (χ3n) is 20.9. The lowest BCUT2D eigenvalue weighted by atomic mass is 9.99. The molecule has 0 saturated carbocycles. The second-order valence-electron chi connectivity index (χ2n) is 31.5. The number of phosphoric acid groups is 2. The van der Waals surface area contributed by atoms with Gasteiger partial charge in [-0.25, -0.2) is 9.13 Å². The molecule has 0 radical (unpaired) electrons. The first-order valence-corrected chi connectivity index (χ1v) is 48.2. The van der Waals surface area contributed by atoms with Gasteiger partial charge in [0, 0.05) is 25.7 Å². The molecule has 0 aromatic heterocycles. The normalized spacial score (nSPS) is 14.0. The molecule has 106 heavy (non-hydrogen) atoms. The van der Waals surface area contributed by atoms with E-state index in [1.54, 1.807) is 0 Å². The Morgan fingerprint density at radius 3 is 0.670 bits per heavy atom. The number of hydrogen-bond donors (Lipinski definition) is 3. The highest BCUT2D eigenvalue weighted by Crippen LogP contribution is 2.45. The molecule has 0 aromatic carbocycles. The minimum absolute atomic E-state index is 0.108. The van der Waals surface area contributed by atoms with Crippen LogP contribution in [0.15, 0.2) is 0 Å². The molecule has 0 aliphatic rings. The van der Waals surface area contributed by atoms with Gasteiger partial charge in [0.2, 0.25) is 0 Å². The van der Waals surface area contributed by atoms with E-state index in [1.165, 1.54) is 295 Å². The van der Waals surface area contributed by atoms with E-state index in [1.807, 2.05) is 0 Å². The van der Waals surface area contributed by atoms with E-state index in [0.29, 0.717) is 25.7 Å². The van der Waals surface area contributed by atoms with Crippen molar-refractivity contribution >= 4 is 39.5 Å². The Labute approximate surface area is 651 Å². The zero-order valence-electron chi connectivity index (χ0n) is 69.6. The van der Waals surface area contributed by atoms with E-state index in [-0.39, 0.29) is 25.7 Å². The molecule has 0 heterocycles. The van der Waals surface area contributed by atoms with Crippen molar-refractivity contribution in [2.24, 2.45) is 5.92 Å². The number of carbonyl (C=O) groups is 4. The SMILES string of the molecule is CCCCCCCCCCCCCCCCCCCCCCCCC(=O)O[C@H](COC(=O)CCCCCCCCCCCCCCCCCCC)COP(=O)(O)OC[C@@H](O)COP(=O)(O)OC[C@@H](COC(=O)CCCCCCCCCCC(C)CC)OC(=O)CCCCCCCCCCCCCCCCC. The number of aliphatic hydroxyl groups is 1. The summed E-state index contributed by atoms with van der Waals surface area (Å²) in [6.45, 7) is 7.38. The molecule has 0 saturated heterocycles. The van der Waals surface area contributed by atoms with Gasteiger partial charge in [-0.05, 0) is 31.6 Å². The fourth-order valence-corrected chi connectivity index (χ4v) is 15.2. The van der Waals surface area contributed by atoms with Crippen LogP contribution in [0, 0.1) is 5.92 Å². The monoisotopic (exact) mass is 1550 g/mol. The van der Waals surface area contributed by atoms with Crippen LogP contribution in [0.4, 0.5) is 0 Å². The van der Waals surface area contributed by atoms with E-state index >= 15 is 0 Å². The molecule has 0 spiro atoms. The predicted molar refractivity (Wildman–Crippen MR) is 437 cm³/mol. The highest BCUT2D eigenvalue weighted by molar-refractivity contribution is 7.47. The predicted octanol–water partition coefficient (Wildman–Crippen LogP) is 26.8. The molecule has 6 atom stereocenters. The average molecular weight is 1550 g/mol. The molecule has 0 amide bonds. The van der Waals surface area contributed by atoms with Crippen LogP contribution < -0.4 is 0 Å². The van der Waals surface area contributed by atoms with Gasteiger partial charge in [-0.15, -0.1) is 0 Å². The lowest BCUT2D eigenvalue weighted by molar-refractivity contribution is -0.161. The average Bonchev–Trinajstić information content (AvgIpc) is 0.901. The summed E-state index contributed by atoms with van der Waals surface area (Å²) in [6, 6.07) is 0. The third-order valence-corrected chi connectivity index (χ3v) is 22.8. The molecule has 0 aliphatic carbocycles. The van der Waals surface area contributed by atoms with Crippen LogP contribution in [0.1, 0.15) is 471 Å². The molecule has 0 rings (SSSR count). The maximum absolute atomic E-state index is 13.2. The Morgan fingerprint density at radius 2 is 0.453 bits per heavy atom. The molecular weight excluding hydrogens is 1380 g/mol. The molecule has 19 heteroatoms. The lowest BCUT2D eigenvalue weighted by Crippen LogP contribution is -2.30. The standard InChI is InChI=1S/C87H170O17P2/c1-6-10-13-16-19-22-25-28-31-33-34-35-36-37-39-42-45-48-51-58-63-68-73-86(91)103-82(76-97-84(89)70-65-60-55-49-46-43-41-38-32-29-26-23-20-17-14-11-7-2)78-101-105(93,94)99-74-81(88)75-100-106(95,96)102-79-83(77-98-85(90)71-66-61-56-53-52-54-59-64-69-80(5)9-4)104-87(92)72-67-62-57-50-47-44-40-30-27-24-21-18-15-12-8-3/h80-83,88H,6-79H2,1-5H3,(H,93,94)(H,95,96)/t80?,81-,82-,83-/m1/s1. The molecule has 3 unspecified atom stereocenters. The summed E-state index contributed by atoms with van der Waals surface area (Å²) in [7, 11) is -9.93. The summed E-state index contributed by atoms with van der Waals surface area (Å²) in [4.78, 5) is 73.3. The molecule has 3 N–H and O–H groups in total. The van der Waals surface area contributed by atoms with Crippen molar-refractivity contribution in [3.05, 3.63) is 0 Å². The van der Waals surface area contributed by atoms with Crippen LogP contribution >= 0.6 is 15.6 Å². The lowest BCUT2D eigenvalue weighted by Gasteiger charge is -2.21. The van der Waals surface area contributed by atoms with Crippen LogP contribution in [0.3, 0.4) is 0 Å². The van der Waals surface area contributed by atoms with Gasteiger partial charge in [-0.3, -0.25) is 37.3 Å². The zero-order valence-corrected chi connectivity index (χ0v) is 71.4. The first kappa shape index (κ1) is 104. The van der Waals surface area contributed by atoms with Crippen molar-refractivity contribution in [2.75, 3.05) is 39.6 Å². The van der Waals surface area contributed by atoms with E-state index in [2.05, 4.69) is 34.6 Å². The highest BCUT2D eigenvalue weighted by Gasteiger charge is 2.30. The number of ether oxygens (including phenoxy) is 4. The van der Waals surface area contributed by atoms with Gasteiger partial charge in [0.25, 0.3) is 0 Å². The quantitative estimate of drug-likeness (QED) is 0.0222. The highest BCUT2D eigenvalue weighted by atomic mass is 31.2. The molecule has 0 aliphatic heterocycles. The summed E-state index contributed by atoms with van der Waals surface area (Å²) >= 11 is 0. The van der Waals surface area contributed by atoms with Crippen molar-refractivity contribution in [3.8, 4) is 0 Å². The number of rotatable bonds is 87. The minimum Gasteiger partial charge on any atom is -0.462 e. The van der Waals surface area contributed by atoms with E-state index in [0.717, 1.165) is 95.8 Å². The Bertz CT molecular complexity index is 2020. The van der Waals surface area contributed by atoms with Crippen LogP contribution in [0.2, 0.25) is 0 Å². The first-order chi connectivity index (χ1) is 51.6. The number of unbranched alkanes of at least 4 members (excludes halogenated alkanes) is 58. The van der Waals surface area contributed by atoms with Crippen molar-refractivity contribution in [3.63, 3.8) is 0 Å². The van der Waals surface area contributed by atoms with Gasteiger partial charge in [-0.2, -0.15) is 0 Å². The maximum atomic E-state index is 13.2. The molecular formula is C87H170O17P2. The fraction of sp³-hybridized carbons (Fsp3) is 0.954. The van der Waals surface area contributed by atoms with Crippen LogP contribution in [0.25, 0.3) is 0 Å². The summed E-state index contributed by atoms with van der Waals surface area (Å²) in [5, 5.41) is 10.7. The Hall–Kier alpha value is -1.94. The minimum atomic E-state index is -4.97. The second kappa shape index (κ2) is 79.7. The zero-order chi connectivity index (χ0) is 77.6. The summed E-state index contributed by atoms with van der Waals surface area (Å²) < 4.78 is 69.0. The number of hydrogen-bond acceptors (Lipinski definition) is 15. The van der Waals surface area contributed by atoms with E-state index in [4.69, 9.17) is 37.0 Å². The summed E-state index contributed by atoms with van der Waals surface area (Å²) in [5.41, 5.74) is 0. The third kappa shape index (κ3) is 78.7. The van der Waals surface area contributed by atoms with Gasteiger partial charge in [0.15, 0.2) is 12.2 Å². The van der Waals surface area contributed by atoms with Crippen molar-refractivity contribution in [1.29, 1.82) is 0 Å². The number of esters is 4. The first-order valence-electron chi connectivity index (χ1n) is 45.2. The molecule has 17 nitrogen and oxygen atoms in total. The van der Waals surface area contributed by atoms with Gasteiger partial charge in [0.05, 0.1) is 26.4 Å². The Kier molecular flexibility index (Phi) is 78.2. The van der Waals surface area contributed by atoms with E-state index < -0.39 is 97.5 Å². The summed E-state index contributed by atoms with van der Waals surface area (Å²) in [5.74, 6) is -1.32. The number of carbonyl (C=O) groups excluding carboxylic acids is 4. The smallest absolute Gasteiger partial charge is 0.462 e. The summed E-state index contributed by atoms with van der Waals surface area (Å²) in [6.07, 6.45) is 73.6. The molecule has 630 valence electrons. The van der Waals surface area contributed by atoms with Gasteiger partial charge < -0.3 is 33.8 Å². The van der Waals surface area contributed by atoms with Crippen LogP contribution in [-0.2, 0) is 65.4 Å².